The minimum absolute atomic E-state index is 0.0253. The number of rotatable bonds is 5. The molecule has 140 valence electrons. The first-order chi connectivity index (χ1) is 12.1. The van der Waals surface area contributed by atoms with Crippen LogP contribution in [-0.4, -0.2) is 35.3 Å². The number of nitrogens with two attached hydrogens (primary N) is 1. The normalized spacial score (nSPS) is 21.1. The molecule has 1 amide bonds. The van der Waals surface area contributed by atoms with Crippen molar-refractivity contribution in [1.82, 2.24) is 15.1 Å². The number of aryl methyl sites for hydroxylation is 1. The lowest BCUT2D eigenvalue weighted by Gasteiger charge is -2.37. The zero-order chi connectivity index (χ0) is 19.1. The second kappa shape index (κ2) is 6.78. The Hall–Kier alpha value is -2.30. The Bertz CT molecular complexity index is 937. The molecule has 0 radical (unpaired) electrons. The van der Waals surface area contributed by atoms with Crippen LogP contribution in [0.1, 0.15) is 34.8 Å². The molecule has 3 rings (SSSR count). The number of nitrogens with zero attached hydrogens (tertiary/aromatic N) is 2. The molecule has 1 fully saturated rings. The van der Waals surface area contributed by atoms with Gasteiger partial charge in [0.15, 0.2) is 0 Å². The smallest absolute Gasteiger partial charge is 0.254 e. The first kappa shape index (κ1) is 18.5. The number of carbonyl (C=O) groups is 1. The molecular formula is C16H19FN4O4S. The van der Waals surface area contributed by atoms with Gasteiger partial charge < -0.3 is 10.4 Å². The summed E-state index contributed by atoms with van der Waals surface area (Å²) in [5, 5.41) is 21.4. The molecule has 0 aliphatic heterocycles. The molecule has 1 aromatic carbocycles. The Balaban J connectivity index is 1.88. The van der Waals surface area contributed by atoms with Gasteiger partial charge in [-0.05, 0) is 37.0 Å². The van der Waals surface area contributed by atoms with Gasteiger partial charge >= 0.3 is 0 Å². The van der Waals surface area contributed by atoms with E-state index < -0.39 is 39.5 Å². The fraction of sp³-hybridized carbons (Fsp3) is 0.375. The van der Waals surface area contributed by atoms with E-state index in [1.165, 1.54) is 0 Å². The van der Waals surface area contributed by atoms with E-state index in [0.717, 1.165) is 23.8 Å². The SMILES string of the molecule is Cn1cc(C(NC(=O)c2cc(S(N)(=O)=O)ccc2F)C2CC(O)C2)cn1. The highest BCUT2D eigenvalue weighted by Gasteiger charge is 2.36. The van der Waals surface area contributed by atoms with Crippen molar-refractivity contribution in [3.63, 3.8) is 0 Å². The van der Waals surface area contributed by atoms with Crippen LogP contribution in [0.2, 0.25) is 0 Å². The van der Waals surface area contributed by atoms with Crippen LogP contribution in [0, 0.1) is 11.7 Å². The van der Waals surface area contributed by atoms with Gasteiger partial charge in [-0.25, -0.2) is 17.9 Å². The van der Waals surface area contributed by atoms with Crippen LogP contribution < -0.4 is 10.5 Å². The Morgan fingerprint density at radius 3 is 2.69 bits per heavy atom. The number of benzene rings is 1. The highest BCUT2D eigenvalue weighted by Crippen LogP contribution is 2.38. The summed E-state index contributed by atoms with van der Waals surface area (Å²) < 4.78 is 38.5. The number of aliphatic hydroxyl groups is 1. The number of hydrogen-bond acceptors (Lipinski definition) is 5. The third-order valence-corrected chi connectivity index (χ3v) is 5.41. The fourth-order valence-electron chi connectivity index (χ4n) is 3.05. The molecule has 8 nitrogen and oxygen atoms in total. The number of halogens is 1. The molecule has 1 saturated carbocycles. The minimum atomic E-state index is -4.06. The Morgan fingerprint density at radius 2 is 2.15 bits per heavy atom. The van der Waals surface area contributed by atoms with E-state index in [1.54, 1.807) is 24.1 Å². The minimum Gasteiger partial charge on any atom is -0.393 e. The lowest BCUT2D eigenvalue weighted by Crippen LogP contribution is -2.41. The Morgan fingerprint density at radius 1 is 1.46 bits per heavy atom. The Kier molecular flexibility index (Phi) is 4.82. The van der Waals surface area contributed by atoms with Crippen molar-refractivity contribution in [3.05, 3.63) is 47.5 Å². The van der Waals surface area contributed by atoms with Crippen LogP contribution in [-0.2, 0) is 17.1 Å². The summed E-state index contributed by atoms with van der Waals surface area (Å²) in [6.07, 6.45) is 3.89. The Labute approximate surface area is 149 Å². The topological polar surface area (TPSA) is 127 Å². The fourth-order valence-corrected chi connectivity index (χ4v) is 3.59. The zero-order valence-corrected chi connectivity index (χ0v) is 14.8. The molecule has 4 N–H and O–H groups in total. The number of nitrogens with one attached hydrogen (secondary N) is 1. The average molecular weight is 382 g/mol. The number of aromatic nitrogens is 2. The molecule has 1 atom stereocenters. The largest absolute Gasteiger partial charge is 0.393 e. The highest BCUT2D eigenvalue weighted by atomic mass is 32.2. The number of primary sulfonamides is 1. The molecule has 2 aromatic rings. The van der Waals surface area contributed by atoms with Crippen molar-refractivity contribution in [3.8, 4) is 0 Å². The second-order valence-corrected chi connectivity index (χ2v) is 8.03. The summed E-state index contributed by atoms with van der Waals surface area (Å²) in [5.41, 5.74) is 0.311. The predicted molar refractivity (Wildman–Crippen MR) is 89.9 cm³/mol. The number of carbonyl (C=O) groups excluding carboxylic acids is 1. The molecule has 0 spiro atoms. The summed E-state index contributed by atoms with van der Waals surface area (Å²) in [6, 6.07) is 2.33. The highest BCUT2D eigenvalue weighted by molar-refractivity contribution is 7.89. The van der Waals surface area contributed by atoms with Gasteiger partial charge in [-0.1, -0.05) is 0 Å². The first-order valence-electron chi connectivity index (χ1n) is 7.95. The molecular weight excluding hydrogens is 363 g/mol. The molecule has 1 heterocycles. The van der Waals surface area contributed by atoms with Gasteiger partial charge in [0.25, 0.3) is 5.91 Å². The quantitative estimate of drug-likeness (QED) is 0.692. The van der Waals surface area contributed by atoms with E-state index >= 15 is 0 Å². The summed E-state index contributed by atoms with van der Waals surface area (Å²) in [4.78, 5) is 12.2. The number of aliphatic hydroxyl groups excluding tert-OH is 1. The maximum Gasteiger partial charge on any atom is 0.254 e. The molecule has 1 aromatic heterocycles. The molecule has 1 aliphatic carbocycles. The maximum absolute atomic E-state index is 14.1. The van der Waals surface area contributed by atoms with Crippen LogP contribution in [0.15, 0.2) is 35.5 Å². The van der Waals surface area contributed by atoms with Gasteiger partial charge in [0.2, 0.25) is 10.0 Å². The standard InChI is InChI=1S/C16H19FN4O4S/c1-21-8-10(7-19-21)15(9-4-11(22)5-9)20-16(23)13-6-12(26(18,24)25)2-3-14(13)17/h2-3,6-9,11,15,22H,4-5H2,1H3,(H,20,23)(H2,18,24,25). The van der Waals surface area contributed by atoms with E-state index in [9.17, 15) is 22.7 Å². The first-order valence-corrected chi connectivity index (χ1v) is 9.49. The molecule has 1 aliphatic rings. The third kappa shape index (κ3) is 3.76. The number of sulfonamides is 1. The van der Waals surface area contributed by atoms with Crippen LogP contribution in [0.5, 0.6) is 0 Å². The van der Waals surface area contributed by atoms with Gasteiger partial charge in [-0.2, -0.15) is 5.10 Å². The van der Waals surface area contributed by atoms with Gasteiger partial charge in [-0.3, -0.25) is 9.48 Å². The molecule has 0 bridgehead atoms. The summed E-state index contributed by atoms with van der Waals surface area (Å²) in [6.45, 7) is 0. The third-order valence-electron chi connectivity index (χ3n) is 4.50. The summed E-state index contributed by atoms with van der Waals surface area (Å²) in [5.74, 6) is -1.64. The number of amides is 1. The van der Waals surface area contributed by atoms with E-state index in [1.807, 2.05) is 0 Å². The summed E-state index contributed by atoms with van der Waals surface area (Å²) in [7, 11) is -2.33. The lowest BCUT2D eigenvalue weighted by molar-refractivity contribution is 0.0234. The lowest BCUT2D eigenvalue weighted by atomic mass is 9.75. The van der Waals surface area contributed by atoms with E-state index in [4.69, 9.17) is 5.14 Å². The predicted octanol–water partition coefficient (Wildman–Crippen LogP) is 0.449. The van der Waals surface area contributed by atoms with Crippen molar-refractivity contribution >= 4 is 15.9 Å². The zero-order valence-electron chi connectivity index (χ0n) is 14.0. The second-order valence-electron chi connectivity index (χ2n) is 6.47. The van der Waals surface area contributed by atoms with E-state index in [-0.39, 0.29) is 10.8 Å². The van der Waals surface area contributed by atoms with Gasteiger partial charge in [0.1, 0.15) is 5.82 Å². The summed E-state index contributed by atoms with van der Waals surface area (Å²) >= 11 is 0. The van der Waals surface area contributed by atoms with Crippen LogP contribution in [0.25, 0.3) is 0 Å². The average Bonchev–Trinajstić information content (AvgIpc) is 2.95. The van der Waals surface area contributed by atoms with Crippen molar-refractivity contribution in [2.75, 3.05) is 0 Å². The van der Waals surface area contributed by atoms with Crippen molar-refractivity contribution in [2.24, 2.45) is 18.1 Å². The van der Waals surface area contributed by atoms with Crippen LogP contribution in [0.3, 0.4) is 0 Å². The molecule has 0 saturated heterocycles. The van der Waals surface area contributed by atoms with Gasteiger partial charge in [0, 0.05) is 18.8 Å². The van der Waals surface area contributed by atoms with E-state index in [2.05, 4.69) is 10.4 Å². The molecule has 10 heteroatoms. The van der Waals surface area contributed by atoms with Crippen molar-refractivity contribution < 1.29 is 22.7 Å². The molecule has 1 unspecified atom stereocenters. The van der Waals surface area contributed by atoms with E-state index in [0.29, 0.717) is 12.8 Å². The van der Waals surface area contributed by atoms with Crippen molar-refractivity contribution in [1.29, 1.82) is 0 Å². The van der Waals surface area contributed by atoms with Crippen molar-refractivity contribution in [2.45, 2.75) is 29.9 Å². The number of hydrogen-bond donors (Lipinski definition) is 3. The van der Waals surface area contributed by atoms with Crippen LogP contribution in [0.4, 0.5) is 4.39 Å². The van der Waals surface area contributed by atoms with Crippen LogP contribution >= 0.6 is 0 Å². The molecule has 26 heavy (non-hydrogen) atoms. The maximum atomic E-state index is 14.1. The van der Waals surface area contributed by atoms with Gasteiger partial charge in [-0.15, -0.1) is 0 Å². The van der Waals surface area contributed by atoms with Gasteiger partial charge in [0.05, 0.1) is 28.8 Å². The monoisotopic (exact) mass is 382 g/mol.